The molecule has 1 N–H and O–H groups in total. The van der Waals surface area contributed by atoms with Crippen LogP contribution >= 0.6 is 11.6 Å². The van der Waals surface area contributed by atoms with Crippen molar-refractivity contribution in [2.45, 2.75) is 77.4 Å². The second-order valence-corrected chi connectivity index (χ2v) is 18.3. The third-order valence-corrected chi connectivity index (χ3v) is 14.6. The van der Waals surface area contributed by atoms with Gasteiger partial charge in [-0.25, -0.2) is 0 Å². The highest BCUT2D eigenvalue weighted by atomic mass is 35.5. The average Bonchev–Trinajstić information content (AvgIpc) is 3.07. The molecule has 1 saturated heterocycles. The minimum atomic E-state index is -2.90. The van der Waals surface area contributed by atoms with Crippen LogP contribution in [0, 0.1) is 5.92 Å². The van der Waals surface area contributed by atoms with Crippen LogP contribution in [-0.4, -0.2) is 50.9 Å². The summed E-state index contributed by atoms with van der Waals surface area (Å²) in [6.07, 6.45) is -2.36. The molecule has 1 aliphatic heterocycles. The summed E-state index contributed by atoms with van der Waals surface area (Å²) < 4.78 is 25.4. The van der Waals surface area contributed by atoms with Crippen molar-refractivity contribution in [3.8, 4) is 5.75 Å². The molecule has 0 aromatic heterocycles. The Bertz CT molecular complexity index is 1600. The van der Waals surface area contributed by atoms with E-state index in [0.29, 0.717) is 18.1 Å². The van der Waals surface area contributed by atoms with E-state index in [2.05, 4.69) is 45.0 Å². The molecule has 254 valence electrons. The lowest BCUT2D eigenvalue weighted by atomic mass is 9.84. The number of ether oxygens (including phenoxy) is 3. The highest BCUT2D eigenvalue weighted by molar-refractivity contribution is 6.99. The number of aliphatic hydroxyl groups is 1. The first kappa shape index (κ1) is 35.8. The Kier molecular flexibility index (Phi) is 11.5. The SMILES string of the molecule is CCOc1ccc(Cc2cc(C3OC(CO[Si](c4ccccc4)(c4ccccc4)C(C)(C)C)C(O)C(C)C3OC(C)=O)ccc2Cl)cc1. The minimum absolute atomic E-state index is 0.161. The topological polar surface area (TPSA) is 74.2 Å². The van der Waals surface area contributed by atoms with Crippen molar-refractivity contribution in [3.63, 3.8) is 0 Å². The van der Waals surface area contributed by atoms with Crippen molar-refractivity contribution in [1.82, 2.24) is 0 Å². The zero-order valence-corrected chi connectivity index (χ0v) is 30.4. The molecule has 0 saturated carbocycles. The molecule has 1 heterocycles. The quantitative estimate of drug-likeness (QED) is 0.132. The van der Waals surface area contributed by atoms with Gasteiger partial charge in [0, 0.05) is 17.9 Å². The van der Waals surface area contributed by atoms with Gasteiger partial charge in [-0.15, -0.1) is 0 Å². The third-order valence-electron chi connectivity index (χ3n) is 9.27. The molecule has 0 bridgehead atoms. The predicted octanol–water partition coefficient (Wildman–Crippen LogP) is 7.27. The lowest BCUT2D eigenvalue weighted by Gasteiger charge is -2.47. The molecule has 6 nitrogen and oxygen atoms in total. The van der Waals surface area contributed by atoms with Crippen molar-refractivity contribution >= 4 is 36.3 Å². The first-order valence-corrected chi connectivity index (χ1v) is 19.0. The number of halogens is 1. The van der Waals surface area contributed by atoms with Crippen LogP contribution in [-0.2, 0) is 25.1 Å². The summed E-state index contributed by atoms with van der Waals surface area (Å²) in [4.78, 5) is 12.3. The van der Waals surface area contributed by atoms with Crippen LogP contribution in [0.15, 0.2) is 103 Å². The van der Waals surface area contributed by atoms with Gasteiger partial charge >= 0.3 is 5.97 Å². The van der Waals surface area contributed by atoms with Crippen LogP contribution in [0.25, 0.3) is 0 Å². The molecule has 1 aliphatic rings. The van der Waals surface area contributed by atoms with E-state index in [-0.39, 0.29) is 11.6 Å². The maximum atomic E-state index is 12.3. The van der Waals surface area contributed by atoms with Crippen molar-refractivity contribution in [2.24, 2.45) is 5.92 Å². The highest BCUT2D eigenvalue weighted by Crippen LogP contribution is 2.41. The van der Waals surface area contributed by atoms with Crippen molar-refractivity contribution < 1.29 is 28.5 Å². The molecule has 0 amide bonds. The molecule has 4 aromatic carbocycles. The Hall–Kier alpha value is -3.46. The van der Waals surface area contributed by atoms with Crippen LogP contribution < -0.4 is 15.1 Å². The fourth-order valence-electron chi connectivity index (χ4n) is 6.89. The Balaban J connectivity index is 1.48. The monoisotopic (exact) mass is 686 g/mol. The maximum absolute atomic E-state index is 12.3. The van der Waals surface area contributed by atoms with E-state index in [0.717, 1.165) is 32.8 Å². The zero-order chi connectivity index (χ0) is 34.5. The molecule has 0 aliphatic carbocycles. The smallest absolute Gasteiger partial charge is 0.303 e. The number of rotatable bonds is 11. The van der Waals surface area contributed by atoms with E-state index in [4.69, 9.17) is 30.2 Å². The molecule has 5 unspecified atom stereocenters. The maximum Gasteiger partial charge on any atom is 0.303 e. The van der Waals surface area contributed by atoms with Gasteiger partial charge in [-0.1, -0.05) is 124 Å². The molecule has 1 fully saturated rings. The van der Waals surface area contributed by atoms with Crippen LogP contribution in [0.4, 0.5) is 0 Å². The van der Waals surface area contributed by atoms with Gasteiger partial charge < -0.3 is 23.7 Å². The summed E-state index contributed by atoms with van der Waals surface area (Å²) in [6.45, 7) is 12.7. The Morgan fingerprint density at radius 1 is 0.917 bits per heavy atom. The molecular formula is C40H47ClO6Si. The summed E-state index contributed by atoms with van der Waals surface area (Å²) in [5.74, 6) is -0.0383. The predicted molar refractivity (Wildman–Crippen MR) is 194 cm³/mol. The summed E-state index contributed by atoms with van der Waals surface area (Å²) in [5, 5.41) is 14.3. The van der Waals surface area contributed by atoms with Crippen molar-refractivity contribution in [1.29, 1.82) is 0 Å². The highest BCUT2D eigenvalue weighted by Gasteiger charge is 2.52. The second kappa shape index (κ2) is 15.4. The van der Waals surface area contributed by atoms with E-state index >= 15 is 0 Å². The van der Waals surface area contributed by atoms with Gasteiger partial charge in [0.15, 0.2) is 0 Å². The van der Waals surface area contributed by atoms with Gasteiger partial charge in [0.25, 0.3) is 8.32 Å². The van der Waals surface area contributed by atoms with E-state index in [1.54, 1.807) is 0 Å². The molecule has 48 heavy (non-hydrogen) atoms. The lowest BCUT2D eigenvalue weighted by Crippen LogP contribution is -2.67. The fraction of sp³-hybridized carbons (Fsp3) is 0.375. The van der Waals surface area contributed by atoms with Gasteiger partial charge in [-0.3, -0.25) is 4.79 Å². The van der Waals surface area contributed by atoms with Gasteiger partial charge in [0.05, 0.1) is 19.3 Å². The van der Waals surface area contributed by atoms with Crippen LogP contribution in [0.1, 0.15) is 64.3 Å². The summed E-state index contributed by atoms with van der Waals surface area (Å²) in [6, 6.07) is 34.6. The average molecular weight is 687 g/mol. The fourth-order valence-corrected chi connectivity index (χ4v) is 11.6. The summed E-state index contributed by atoms with van der Waals surface area (Å²) in [5.41, 5.74) is 2.82. The molecule has 0 spiro atoms. The van der Waals surface area contributed by atoms with Crippen molar-refractivity contribution in [3.05, 3.63) is 125 Å². The van der Waals surface area contributed by atoms with Gasteiger partial charge in [0.1, 0.15) is 24.1 Å². The van der Waals surface area contributed by atoms with E-state index < -0.39 is 44.6 Å². The third kappa shape index (κ3) is 7.71. The minimum Gasteiger partial charge on any atom is -0.494 e. The van der Waals surface area contributed by atoms with Crippen molar-refractivity contribution in [2.75, 3.05) is 13.2 Å². The lowest BCUT2D eigenvalue weighted by molar-refractivity contribution is -0.219. The number of hydrogen-bond donors (Lipinski definition) is 1. The number of aliphatic hydroxyl groups excluding tert-OH is 1. The zero-order valence-electron chi connectivity index (χ0n) is 28.7. The normalized spacial score (nSPS) is 21.5. The Morgan fingerprint density at radius 3 is 2.06 bits per heavy atom. The van der Waals surface area contributed by atoms with E-state index in [1.807, 2.05) is 92.7 Å². The summed E-state index contributed by atoms with van der Waals surface area (Å²) in [7, 11) is -2.90. The van der Waals surface area contributed by atoms with Crippen LogP contribution in [0.5, 0.6) is 5.75 Å². The van der Waals surface area contributed by atoms with Gasteiger partial charge in [-0.05, 0) is 63.6 Å². The molecular weight excluding hydrogens is 640 g/mol. The molecule has 8 heteroatoms. The molecule has 5 rings (SSSR count). The number of carbonyl (C=O) groups excluding carboxylic acids is 1. The van der Waals surface area contributed by atoms with E-state index in [9.17, 15) is 9.90 Å². The molecule has 0 radical (unpaired) electrons. The Morgan fingerprint density at radius 2 is 1.52 bits per heavy atom. The standard InChI is InChI=1S/C40H47ClO6Si/c1-7-44-32-21-18-29(19-22-32)24-31-25-30(20-23-35(31)41)39-38(46-28(3)42)27(2)37(43)36(47-39)26-45-48(40(4,5)6,33-14-10-8-11-15-33)34-16-12-9-13-17-34/h8-23,25,27,36-39,43H,7,24,26H2,1-6H3. The van der Waals surface area contributed by atoms with Crippen LogP contribution in [0.2, 0.25) is 10.1 Å². The van der Waals surface area contributed by atoms with Gasteiger partial charge in [-0.2, -0.15) is 0 Å². The van der Waals surface area contributed by atoms with E-state index in [1.165, 1.54) is 6.92 Å². The molecule has 5 atom stereocenters. The first-order chi connectivity index (χ1) is 22.9. The number of carbonyl (C=O) groups is 1. The summed E-state index contributed by atoms with van der Waals surface area (Å²) >= 11 is 6.72. The largest absolute Gasteiger partial charge is 0.494 e. The Labute approximate surface area is 291 Å². The first-order valence-electron chi connectivity index (χ1n) is 16.7. The van der Waals surface area contributed by atoms with Gasteiger partial charge in [0.2, 0.25) is 0 Å². The number of hydrogen-bond acceptors (Lipinski definition) is 6. The number of esters is 1. The second-order valence-electron chi connectivity index (χ2n) is 13.6. The number of benzene rings is 4. The van der Waals surface area contributed by atoms with Crippen LogP contribution in [0.3, 0.4) is 0 Å². The molecule has 4 aromatic rings.